The fourth-order valence-corrected chi connectivity index (χ4v) is 7.41. The van der Waals surface area contributed by atoms with Gasteiger partial charge in [0.25, 0.3) is 0 Å². The van der Waals surface area contributed by atoms with E-state index in [1.807, 2.05) is 0 Å². The van der Waals surface area contributed by atoms with E-state index in [0.29, 0.717) is 11.2 Å². The minimum atomic E-state index is 0.199. The van der Waals surface area contributed by atoms with Gasteiger partial charge < -0.3 is 0 Å². The Labute approximate surface area is 135 Å². The molecular formula is C21H32O. The minimum Gasteiger partial charge on any atom is -0.295 e. The number of rotatable bonds is 1. The second-order valence-corrected chi connectivity index (χ2v) is 9.27. The molecule has 0 aromatic carbocycles. The van der Waals surface area contributed by atoms with Crippen LogP contribution in [0.1, 0.15) is 78.6 Å². The zero-order valence-electron chi connectivity index (χ0n) is 14.7. The van der Waals surface area contributed by atoms with Crippen molar-refractivity contribution < 1.29 is 4.79 Å². The van der Waals surface area contributed by atoms with Gasteiger partial charge >= 0.3 is 0 Å². The van der Waals surface area contributed by atoms with E-state index in [0.717, 1.165) is 23.7 Å². The molecule has 0 radical (unpaired) electrons. The van der Waals surface area contributed by atoms with Crippen LogP contribution in [0.15, 0.2) is 11.6 Å². The third-order valence-corrected chi connectivity index (χ3v) is 8.54. The Kier molecular flexibility index (Phi) is 3.37. The molecule has 1 heteroatoms. The summed E-state index contributed by atoms with van der Waals surface area (Å²) in [5, 5.41) is 0. The van der Waals surface area contributed by atoms with Gasteiger partial charge in [0.1, 0.15) is 0 Å². The summed E-state index contributed by atoms with van der Waals surface area (Å²) < 4.78 is 0. The predicted octanol–water partition coefficient (Wildman–Crippen LogP) is 5.54. The molecule has 0 aromatic heterocycles. The molecule has 0 bridgehead atoms. The average molecular weight is 300 g/mol. The van der Waals surface area contributed by atoms with E-state index in [1.165, 1.54) is 63.4 Å². The normalized spacial score (nSPS) is 50.6. The van der Waals surface area contributed by atoms with E-state index in [1.54, 1.807) is 6.92 Å². The van der Waals surface area contributed by atoms with E-state index >= 15 is 0 Å². The minimum absolute atomic E-state index is 0.199. The van der Waals surface area contributed by atoms with Crippen molar-refractivity contribution in [2.75, 3.05) is 0 Å². The summed E-state index contributed by atoms with van der Waals surface area (Å²) in [6.07, 6.45) is 14.9. The number of ketones is 1. The topological polar surface area (TPSA) is 17.1 Å². The molecule has 0 N–H and O–H groups in total. The first-order chi connectivity index (χ1) is 10.5. The maximum absolute atomic E-state index is 12.1. The molecule has 3 saturated carbocycles. The second kappa shape index (κ2) is 4.95. The highest BCUT2D eigenvalue weighted by molar-refractivity contribution is 5.95. The van der Waals surface area contributed by atoms with Crippen LogP contribution in [-0.4, -0.2) is 5.78 Å². The van der Waals surface area contributed by atoms with Crippen molar-refractivity contribution in [2.45, 2.75) is 78.6 Å². The van der Waals surface area contributed by atoms with E-state index in [-0.39, 0.29) is 5.41 Å². The molecule has 1 nitrogen and oxygen atoms in total. The maximum atomic E-state index is 12.1. The Morgan fingerprint density at radius 2 is 1.86 bits per heavy atom. The lowest BCUT2D eigenvalue weighted by Gasteiger charge is -2.60. The number of allylic oxidation sites excluding steroid dienone is 2. The molecule has 0 spiro atoms. The molecule has 122 valence electrons. The van der Waals surface area contributed by atoms with E-state index in [2.05, 4.69) is 19.9 Å². The van der Waals surface area contributed by atoms with Crippen molar-refractivity contribution in [1.82, 2.24) is 0 Å². The molecule has 0 saturated heterocycles. The van der Waals surface area contributed by atoms with Crippen molar-refractivity contribution in [1.29, 1.82) is 0 Å². The third kappa shape index (κ3) is 1.86. The maximum Gasteiger partial charge on any atom is 0.156 e. The Morgan fingerprint density at radius 1 is 1.05 bits per heavy atom. The van der Waals surface area contributed by atoms with Gasteiger partial charge in [-0.3, -0.25) is 4.79 Å². The van der Waals surface area contributed by atoms with Gasteiger partial charge in [0.05, 0.1) is 0 Å². The number of carbonyl (C=O) groups excluding carboxylic acids is 1. The summed E-state index contributed by atoms with van der Waals surface area (Å²) >= 11 is 0. The first-order valence-electron chi connectivity index (χ1n) is 9.68. The van der Waals surface area contributed by atoms with E-state index in [9.17, 15) is 4.79 Å². The Hall–Kier alpha value is -0.590. The third-order valence-electron chi connectivity index (χ3n) is 8.54. The SMILES string of the molecule is CC(=O)C1=CC[C@@H]2[C@H]3CC[C@H]4CCCC[C@]4(C)[C@@H]3CC[C@@]12C. The highest BCUT2D eigenvalue weighted by Crippen LogP contribution is 2.66. The van der Waals surface area contributed by atoms with Gasteiger partial charge in [-0.2, -0.15) is 0 Å². The fraction of sp³-hybridized carbons (Fsp3) is 0.857. The summed E-state index contributed by atoms with van der Waals surface area (Å²) in [5.41, 5.74) is 1.98. The highest BCUT2D eigenvalue weighted by atomic mass is 16.1. The highest BCUT2D eigenvalue weighted by Gasteiger charge is 2.58. The monoisotopic (exact) mass is 300 g/mol. The predicted molar refractivity (Wildman–Crippen MR) is 90.5 cm³/mol. The van der Waals surface area contributed by atoms with E-state index in [4.69, 9.17) is 0 Å². The number of hydrogen-bond acceptors (Lipinski definition) is 1. The van der Waals surface area contributed by atoms with Gasteiger partial charge in [-0.05, 0) is 91.9 Å². The lowest BCUT2D eigenvalue weighted by atomic mass is 9.45. The molecule has 4 rings (SSSR count). The van der Waals surface area contributed by atoms with Crippen LogP contribution in [0.5, 0.6) is 0 Å². The Balaban J connectivity index is 1.64. The summed E-state index contributed by atoms with van der Waals surface area (Å²) in [4.78, 5) is 12.1. The number of hydrogen-bond donors (Lipinski definition) is 0. The van der Waals surface area contributed by atoms with Crippen LogP contribution in [-0.2, 0) is 4.79 Å². The number of fused-ring (bicyclic) bond motifs is 5. The molecule has 3 fully saturated rings. The molecule has 0 aromatic rings. The van der Waals surface area contributed by atoms with Gasteiger partial charge in [-0.15, -0.1) is 0 Å². The van der Waals surface area contributed by atoms with Crippen molar-refractivity contribution in [3.05, 3.63) is 11.6 Å². The van der Waals surface area contributed by atoms with Crippen LogP contribution in [0.25, 0.3) is 0 Å². The summed E-state index contributed by atoms with van der Waals surface area (Å²) in [5.74, 6) is 3.90. The first-order valence-corrected chi connectivity index (χ1v) is 9.68. The smallest absolute Gasteiger partial charge is 0.156 e. The molecule has 0 unspecified atom stereocenters. The Morgan fingerprint density at radius 3 is 2.64 bits per heavy atom. The molecule has 4 aliphatic carbocycles. The Bertz CT molecular complexity index is 518. The molecule has 0 aliphatic heterocycles. The second-order valence-electron chi connectivity index (χ2n) is 9.27. The van der Waals surface area contributed by atoms with Crippen molar-refractivity contribution >= 4 is 5.78 Å². The summed E-state index contributed by atoms with van der Waals surface area (Å²) in [7, 11) is 0. The lowest BCUT2D eigenvalue weighted by Crippen LogP contribution is -2.52. The van der Waals surface area contributed by atoms with Crippen LogP contribution in [0, 0.1) is 34.5 Å². The van der Waals surface area contributed by atoms with Crippen LogP contribution in [0.4, 0.5) is 0 Å². The zero-order valence-corrected chi connectivity index (χ0v) is 14.7. The van der Waals surface area contributed by atoms with Gasteiger partial charge in [0, 0.05) is 0 Å². The van der Waals surface area contributed by atoms with Crippen molar-refractivity contribution in [3.63, 3.8) is 0 Å². The van der Waals surface area contributed by atoms with Gasteiger partial charge in [-0.25, -0.2) is 0 Å². The molecule has 4 aliphatic rings. The lowest BCUT2D eigenvalue weighted by molar-refractivity contribution is -0.118. The van der Waals surface area contributed by atoms with Crippen molar-refractivity contribution in [2.24, 2.45) is 34.5 Å². The van der Waals surface area contributed by atoms with Crippen molar-refractivity contribution in [3.8, 4) is 0 Å². The molecule has 6 atom stereocenters. The quantitative estimate of drug-likeness (QED) is 0.621. The van der Waals surface area contributed by atoms with Crippen LogP contribution < -0.4 is 0 Å². The average Bonchev–Trinajstić information content (AvgIpc) is 2.84. The largest absolute Gasteiger partial charge is 0.295 e. The zero-order chi connectivity index (χ0) is 15.5. The number of Topliss-reactive ketones (excluding diaryl/α,β-unsaturated/α-hetero) is 1. The van der Waals surface area contributed by atoms with Crippen LogP contribution >= 0.6 is 0 Å². The van der Waals surface area contributed by atoms with Crippen LogP contribution in [0.2, 0.25) is 0 Å². The number of carbonyl (C=O) groups is 1. The van der Waals surface area contributed by atoms with E-state index < -0.39 is 0 Å². The van der Waals surface area contributed by atoms with Gasteiger partial charge in [0.2, 0.25) is 0 Å². The molecule has 0 heterocycles. The summed E-state index contributed by atoms with van der Waals surface area (Å²) in [6.45, 7) is 6.82. The molecular weight excluding hydrogens is 268 g/mol. The standard InChI is InChI=1S/C21H32O/c1-14(22)17-9-10-18-16-8-7-15-6-4-5-12-20(15,2)19(16)11-13-21(17,18)3/h9,15-16,18-19H,4-8,10-13H2,1-3H3/t15-,16-,18-,19-,20+,21+/m1/s1. The molecule has 22 heavy (non-hydrogen) atoms. The summed E-state index contributed by atoms with van der Waals surface area (Å²) in [6, 6.07) is 0. The van der Waals surface area contributed by atoms with Gasteiger partial charge in [0.15, 0.2) is 5.78 Å². The van der Waals surface area contributed by atoms with Crippen LogP contribution in [0.3, 0.4) is 0 Å². The fourth-order valence-electron chi connectivity index (χ4n) is 7.41. The molecule has 0 amide bonds. The van der Waals surface area contributed by atoms with Gasteiger partial charge in [-0.1, -0.05) is 32.8 Å². The first kappa shape index (κ1) is 15.0.